The first-order valence-corrected chi connectivity index (χ1v) is 8.93. The summed E-state index contributed by atoms with van der Waals surface area (Å²) in [6, 6.07) is 6.99. The van der Waals surface area contributed by atoms with Crippen LogP contribution in [0.4, 0.5) is 0 Å². The molecule has 1 amide bonds. The molecule has 0 aliphatic carbocycles. The standard InChI is InChI=1S/C18H20ClN3O2S/c1-18(2,3)22-11-12(6-5-9-20)17(25-22)21-16(23)14-10-13(19)7-8-15(14)24-4/h7-8,10-11H,5-6H2,1-4H3. The fourth-order valence-electron chi connectivity index (χ4n) is 2.16. The van der Waals surface area contributed by atoms with Crippen molar-refractivity contribution in [1.82, 2.24) is 3.96 Å². The van der Waals surface area contributed by atoms with Crippen LogP contribution < -0.4 is 9.41 Å². The van der Waals surface area contributed by atoms with Gasteiger partial charge in [0.2, 0.25) is 0 Å². The van der Waals surface area contributed by atoms with Crippen molar-refractivity contribution in [3.8, 4) is 11.8 Å². The van der Waals surface area contributed by atoms with Gasteiger partial charge >= 0.3 is 0 Å². The van der Waals surface area contributed by atoms with Crippen LogP contribution in [0.1, 0.15) is 43.1 Å². The van der Waals surface area contributed by atoms with Crippen molar-refractivity contribution in [2.24, 2.45) is 4.99 Å². The van der Waals surface area contributed by atoms with E-state index < -0.39 is 5.91 Å². The molecule has 2 rings (SSSR count). The number of hydrogen-bond acceptors (Lipinski definition) is 4. The molecule has 5 nitrogen and oxygen atoms in total. The molecule has 2 aromatic rings. The fourth-order valence-corrected chi connectivity index (χ4v) is 3.37. The quantitative estimate of drug-likeness (QED) is 0.803. The Hall–Kier alpha value is -2.10. The normalized spacial score (nSPS) is 12.1. The van der Waals surface area contributed by atoms with Gasteiger partial charge in [-0.1, -0.05) is 11.6 Å². The molecule has 0 radical (unpaired) electrons. The number of hydrogen-bond donors (Lipinski definition) is 0. The van der Waals surface area contributed by atoms with Crippen LogP contribution in [0.5, 0.6) is 5.75 Å². The Bertz CT molecular complexity index is 885. The number of halogens is 1. The summed E-state index contributed by atoms with van der Waals surface area (Å²) in [5.41, 5.74) is 1.07. The van der Waals surface area contributed by atoms with Gasteiger partial charge in [-0.25, -0.2) is 0 Å². The third-order valence-corrected chi connectivity index (χ3v) is 5.11. The molecule has 1 aromatic carbocycles. The second-order valence-electron chi connectivity index (χ2n) is 6.47. The van der Waals surface area contributed by atoms with Crippen LogP contribution in [0, 0.1) is 11.3 Å². The van der Waals surface area contributed by atoms with Crippen molar-refractivity contribution in [3.05, 3.63) is 45.2 Å². The van der Waals surface area contributed by atoms with E-state index >= 15 is 0 Å². The number of rotatable bonds is 4. The van der Waals surface area contributed by atoms with Crippen LogP contribution >= 0.6 is 23.1 Å². The summed E-state index contributed by atoms with van der Waals surface area (Å²) in [4.78, 5) is 16.9. The third-order valence-electron chi connectivity index (χ3n) is 3.49. The zero-order valence-electron chi connectivity index (χ0n) is 14.7. The number of aromatic nitrogens is 1. The third kappa shape index (κ3) is 4.71. The monoisotopic (exact) mass is 377 g/mol. The van der Waals surface area contributed by atoms with Gasteiger partial charge in [-0.05, 0) is 56.9 Å². The molecule has 0 saturated heterocycles. The maximum absolute atomic E-state index is 12.7. The molecule has 0 bridgehead atoms. The molecule has 25 heavy (non-hydrogen) atoms. The Labute approximate surface area is 156 Å². The van der Waals surface area contributed by atoms with Crippen LogP contribution in [0.25, 0.3) is 0 Å². The second-order valence-corrected chi connectivity index (χ2v) is 7.87. The zero-order valence-corrected chi connectivity index (χ0v) is 16.2. The predicted molar refractivity (Wildman–Crippen MR) is 99.1 cm³/mol. The van der Waals surface area contributed by atoms with Gasteiger partial charge in [-0.15, -0.1) is 0 Å². The molecule has 0 saturated carbocycles. The molecule has 0 unspecified atom stereocenters. The molecular formula is C18H20ClN3O2S. The molecule has 0 spiro atoms. The van der Waals surface area contributed by atoms with Crippen molar-refractivity contribution < 1.29 is 9.53 Å². The lowest BCUT2D eigenvalue weighted by atomic mass is 10.1. The van der Waals surface area contributed by atoms with Crippen LogP contribution in [0.15, 0.2) is 29.4 Å². The number of aryl methyl sites for hydroxylation is 1. The molecule has 0 aliphatic heterocycles. The summed E-state index contributed by atoms with van der Waals surface area (Å²) in [7, 11) is 1.50. The molecule has 7 heteroatoms. The molecule has 132 valence electrons. The maximum atomic E-state index is 12.7. The van der Waals surface area contributed by atoms with E-state index in [-0.39, 0.29) is 5.54 Å². The molecular weight excluding hydrogens is 358 g/mol. The summed E-state index contributed by atoms with van der Waals surface area (Å²) < 4.78 is 7.88. The first kappa shape index (κ1) is 19.2. The van der Waals surface area contributed by atoms with E-state index in [1.54, 1.807) is 18.2 Å². The van der Waals surface area contributed by atoms with Crippen molar-refractivity contribution in [1.29, 1.82) is 5.26 Å². The number of ether oxygens (including phenoxy) is 1. The molecule has 1 aromatic heterocycles. The summed E-state index contributed by atoms with van der Waals surface area (Å²) in [5.74, 6) is 0.0115. The highest BCUT2D eigenvalue weighted by Crippen LogP contribution is 2.23. The van der Waals surface area contributed by atoms with E-state index in [9.17, 15) is 4.79 Å². The minimum Gasteiger partial charge on any atom is -0.496 e. The van der Waals surface area contributed by atoms with E-state index in [1.165, 1.54) is 18.6 Å². The molecule has 1 heterocycles. The number of nitriles is 1. The summed E-state index contributed by atoms with van der Waals surface area (Å²) in [5, 5.41) is 9.31. The van der Waals surface area contributed by atoms with Crippen LogP contribution in [0.3, 0.4) is 0 Å². The molecule has 0 aliphatic rings. The van der Waals surface area contributed by atoms with Crippen LogP contribution in [-0.4, -0.2) is 17.0 Å². The lowest BCUT2D eigenvalue weighted by Gasteiger charge is -2.19. The Morgan fingerprint density at radius 3 is 2.76 bits per heavy atom. The van der Waals surface area contributed by atoms with Gasteiger partial charge in [0.1, 0.15) is 10.4 Å². The van der Waals surface area contributed by atoms with Crippen molar-refractivity contribution >= 4 is 29.0 Å². The average Bonchev–Trinajstić information content (AvgIpc) is 2.95. The summed E-state index contributed by atoms with van der Waals surface area (Å²) in [6.45, 7) is 6.22. The molecule has 0 fully saturated rings. The molecule has 0 atom stereocenters. The number of benzene rings is 1. The van der Waals surface area contributed by atoms with Gasteiger partial charge in [0.15, 0.2) is 0 Å². The van der Waals surface area contributed by atoms with Gasteiger partial charge in [-0.2, -0.15) is 10.3 Å². The van der Waals surface area contributed by atoms with Gasteiger partial charge in [-0.3, -0.25) is 8.75 Å². The highest BCUT2D eigenvalue weighted by atomic mass is 35.5. The second kappa shape index (κ2) is 7.85. The summed E-state index contributed by atoms with van der Waals surface area (Å²) in [6.07, 6.45) is 2.89. The van der Waals surface area contributed by atoms with Gasteiger partial charge < -0.3 is 4.74 Å². The Kier molecular flexibility index (Phi) is 6.04. The average molecular weight is 378 g/mol. The first-order chi connectivity index (χ1) is 11.8. The predicted octanol–water partition coefficient (Wildman–Crippen LogP) is 4.16. The van der Waals surface area contributed by atoms with Crippen molar-refractivity contribution in [2.45, 2.75) is 39.2 Å². The maximum Gasteiger partial charge on any atom is 0.282 e. The highest BCUT2D eigenvalue weighted by molar-refractivity contribution is 7.04. The van der Waals surface area contributed by atoms with E-state index in [0.29, 0.717) is 33.8 Å². The van der Waals surface area contributed by atoms with E-state index in [4.69, 9.17) is 21.6 Å². The van der Waals surface area contributed by atoms with E-state index in [0.717, 1.165) is 5.56 Å². The van der Waals surface area contributed by atoms with Crippen LogP contribution in [-0.2, 0) is 12.0 Å². The lowest BCUT2D eigenvalue weighted by molar-refractivity contribution is 0.0996. The highest BCUT2D eigenvalue weighted by Gasteiger charge is 2.17. The van der Waals surface area contributed by atoms with Gasteiger partial charge in [0.05, 0.1) is 18.7 Å². The Balaban J connectivity index is 2.52. The SMILES string of the molecule is COc1ccc(Cl)cc1C(=O)N=c1sn(C(C)(C)C)cc1CCC#N. The number of carbonyl (C=O) groups excluding carboxylic acids is 1. The van der Waals surface area contributed by atoms with E-state index in [1.807, 2.05) is 10.2 Å². The summed E-state index contributed by atoms with van der Waals surface area (Å²) >= 11 is 7.40. The zero-order chi connectivity index (χ0) is 18.6. The number of carbonyl (C=O) groups is 1. The largest absolute Gasteiger partial charge is 0.496 e. The molecule has 0 N–H and O–H groups in total. The smallest absolute Gasteiger partial charge is 0.282 e. The Morgan fingerprint density at radius 1 is 1.44 bits per heavy atom. The van der Waals surface area contributed by atoms with Gasteiger partial charge in [0.25, 0.3) is 5.91 Å². The minimum atomic E-state index is -0.416. The fraction of sp³-hybridized carbons (Fsp3) is 0.389. The van der Waals surface area contributed by atoms with Crippen molar-refractivity contribution in [2.75, 3.05) is 7.11 Å². The number of amides is 1. The van der Waals surface area contributed by atoms with Crippen molar-refractivity contribution in [3.63, 3.8) is 0 Å². The number of nitrogens with zero attached hydrogens (tertiary/aromatic N) is 3. The van der Waals surface area contributed by atoms with E-state index in [2.05, 4.69) is 31.8 Å². The minimum absolute atomic E-state index is 0.128. The Morgan fingerprint density at radius 2 is 2.16 bits per heavy atom. The van der Waals surface area contributed by atoms with Crippen LogP contribution in [0.2, 0.25) is 5.02 Å². The number of methoxy groups -OCH3 is 1. The topological polar surface area (TPSA) is 67.4 Å². The lowest BCUT2D eigenvalue weighted by Crippen LogP contribution is -2.18. The first-order valence-electron chi connectivity index (χ1n) is 7.78. The van der Waals surface area contributed by atoms with Gasteiger partial charge in [0, 0.05) is 28.7 Å².